The molecule has 0 aliphatic rings. The minimum atomic E-state index is -0.968. The van der Waals surface area contributed by atoms with Crippen molar-refractivity contribution in [2.75, 3.05) is 6.54 Å². The highest BCUT2D eigenvalue weighted by atomic mass is 35.5. The molecule has 1 aromatic heterocycles. The van der Waals surface area contributed by atoms with Crippen molar-refractivity contribution in [2.24, 2.45) is 5.73 Å². The van der Waals surface area contributed by atoms with Gasteiger partial charge in [-0.1, -0.05) is 24.3 Å². The monoisotopic (exact) mass is 314 g/mol. The molecule has 4 nitrogen and oxygen atoms in total. The van der Waals surface area contributed by atoms with E-state index in [1.165, 1.54) is 11.8 Å². The van der Waals surface area contributed by atoms with Crippen molar-refractivity contribution in [1.29, 1.82) is 0 Å². The average molecular weight is 315 g/mol. The molecule has 0 fully saturated rings. The molecule has 2 aromatic rings. The Morgan fingerprint density at radius 3 is 2.30 bits per heavy atom. The number of nitrogens with zero attached hydrogens (tertiary/aromatic N) is 1. The van der Waals surface area contributed by atoms with E-state index in [4.69, 9.17) is 10.8 Å². The Hall–Kier alpha value is -1.62. The Morgan fingerprint density at radius 2 is 1.75 bits per heavy atom. The van der Waals surface area contributed by atoms with Gasteiger partial charge in [-0.05, 0) is 30.2 Å². The zero-order valence-electron chi connectivity index (χ0n) is 10.7. The lowest BCUT2D eigenvalue weighted by atomic mass is 10.0. The lowest BCUT2D eigenvalue weighted by Crippen LogP contribution is -2.02. The number of hydrogen-bond acceptors (Lipinski definition) is 3. The maximum absolute atomic E-state index is 10.9. The third-order valence-corrected chi connectivity index (χ3v) is 2.71. The van der Waals surface area contributed by atoms with Gasteiger partial charge in [-0.25, -0.2) is 4.79 Å². The van der Waals surface area contributed by atoms with E-state index in [1.807, 2.05) is 24.3 Å². The van der Waals surface area contributed by atoms with Gasteiger partial charge in [0.05, 0.1) is 5.56 Å². The molecule has 0 saturated heterocycles. The van der Waals surface area contributed by atoms with E-state index in [9.17, 15) is 4.79 Å². The van der Waals surface area contributed by atoms with Crippen LogP contribution >= 0.6 is 24.8 Å². The number of halogens is 2. The predicted molar refractivity (Wildman–Crippen MR) is 83.9 cm³/mol. The number of hydrogen-bond donors (Lipinski definition) is 2. The summed E-state index contributed by atoms with van der Waals surface area (Å²) in [6, 6.07) is 9.51. The van der Waals surface area contributed by atoms with Gasteiger partial charge < -0.3 is 10.8 Å². The maximum Gasteiger partial charge on any atom is 0.337 e. The van der Waals surface area contributed by atoms with Crippen LogP contribution in [-0.2, 0) is 6.42 Å². The van der Waals surface area contributed by atoms with Crippen LogP contribution in [-0.4, -0.2) is 22.6 Å². The van der Waals surface area contributed by atoms with Crippen molar-refractivity contribution < 1.29 is 9.90 Å². The number of carboxylic acids is 1. The maximum atomic E-state index is 10.9. The predicted octanol–water partition coefficient (Wildman–Crippen LogP) is 2.79. The van der Waals surface area contributed by atoms with Gasteiger partial charge in [0.25, 0.3) is 0 Å². The van der Waals surface area contributed by atoms with E-state index < -0.39 is 5.97 Å². The minimum Gasteiger partial charge on any atom is -0.478 e. The van der Waals surface area contributed by atoms with Crippen LogP contribution < -0.4 is 5.73 Å². The standard InChI is InChI=1S/C14H14N2O2.2ClH/c15-6-5-10-1-3-11(4-2-10)12-7-13(14(17)18)9-16-8-12;;/h1-4,7-9H,5-6,15H2,(H,17,18);2*1H. The second-order valence-corrected chi connectivity index (χ2v) is 4.00. The molecule has 1 heterocycles. The number of carbonyl (C=O) groups is 1. The number of rotatable bonds is 4. The first-order valence-electron chi connectivity index (χ1n) is 5.68. The SMILES string of the molecule is Cl.Cl.NCCc1ccc(-c2cncc(C(=O)O)c2)cc1. The van der Waals surface area contributed by atoms with E-state index >= 15 is 0 Å². The van der Waals surface area contributed by atoms with Crippen LogP contribution in [0.4, 0.5) is 0 Å². The molecule has 3 N–H and O–H groups in total. The van der Waals surface area contributed by atoms with Crippen LogP contribution in [0.5, 0.6) is 0 Å². The van der Waals surface area contributed by atoms with Gasteiger partial charge in [-0.2, -0.15) is 0 Å². The first-order valence-corrected chi connectivity index (χ1v) is 5.68. The number of benzene rings is 1. The molecule has 2 rings (SSSR count). The normalized spacial score (nSPS) is 9.25. The van der Waals surface area contributed by atoms with Gasteiger partial charge >= 0.3 is 5.97 Å². The summed E-state index contributed by atoms with van der Waals surface area (Å²) in [6.45, 7) is 0.620. The summed E-state index contributed by atoms with van der Waals surface area (Å²) in [5.74, 6) is -0.968. The molecule has 0 radical (unpaired) electrons. The van der Waals surface area contributed by atoms with Crippen molar-refractivity contribution in [1.82, 2.24) is 4.98 Å². The molecule has 1 aromatic carbocycles. The van der Waals surface area contributed by atoms with Crippen LogP contribution in [0, 0.1) is 0 Å². The number of nitrogens with two attached hydrogens (primary N) is 1. The van der Waals surface area contributed by atoms with E-state index in [-0.39, 0.29) is 30.4 Å². The molecule has 0 atom stereocenters. The third kappa shape index (κ3) is 4.49. The molecule has 108 valence electrons. The highest BCUT2D eigenvalue weighted by Gasteiger charge is 2.05. The molecule has 0 amide bonds. The molecular formula is C14H16Cl2N2O2. The lowest BCUT2D eigenvalue weighted by molar-refractivity contribution is 0.0696. The number of carboxylic acid groups (broad SMARTS) is 1. The van der Waals surface area contributed by atoms with Gasteiger partial charge in [0.2, 0.25) is 0 Å². The second-order valence-electron chi connectivity index (χ2n) is 4.00. The number of aromatic carboxylic acids is 1. The third-order valence-electron chi connectivity index (χ3n) is 2.71. The van der Waals surface area contributed by atoms with Crippen LogP contribution in [0.25, 0.3) is 11.1 Å². The number of pyridine rings is 1. The van der Waals surface area contributed by atoms with Crippen molar-refractivity contribution >= 4 is 30.8 Å². The zero-order chi connectivity index (χ0) is 13.0. The summed E-state index contributed by atoms with van der Waals surface area (Å²) in [7, 11) is 0. The topological polar surface area (TPSA) is 76.2 Å². The van der Waals surface area contributed by atoms with Crippen molar-refractivity contribution in [3.63, 3.8) is 0 Å². The lowest BCUT2D eigenvalue weighted by Gasteiger charge is -2.04. The number of aromatic nitrogens is 1. The largest absolute Gasteiger partial charge is 0.478 e. The Kier molecular flexibility index (Phi) is 7.84. The average Bonchev–Trinajstić information content (AvgIpc) is 2.40. The molecule has 0 aliphatic heterocycles. The van der Waals surface area contributed by atoms with Crippen molar-refractivity contribution in [3.05, 3.63) is 53.9 Å². The van der Waals surface area contributed by atoms with E-state index in [2.05, 4.69) is 4.98 Å². The molecule has 0 bridgehead atoms. The Morgan fingerprint density at radius 1 is 1.10 bits per heavy atom. The van der Waals surface area contributed by atoms with Gasteiger partial charge in [0, 0.05) is 18.0 Å². The summed E-state index contributed by atoms with van der Waals surface area (Å²) >= 11 is 0. The second kappa shape index (κ2) is 8.53. The van der Waals surface area contributed by atoms with Crippen LogP contribution in [0.2, 0.25) is 0 Å². The fourth-order valence-electron chi connectivity index (χ4n) is 1.75. The van der Waals surface area contributed by atoms with Crippen molar-refractivity contribution in [2.45, 2.75) is 6.42 Å². The van der Waals surface area contributed by atoms with E-state index in [0.29, 0.717) is 6.54 Å². The Labute approximate surface area is 129 Å². The van der Waals surface area contributed by atoms with Gasteiger partial charge in [-0.3, -0.25) is 4.98 Å². The Balaban J connectivity index is 0.00000180. The minimum absolute atomic E-state index is 0. The molecule has 6 heteroatoms. The fourth-order valence-corrected chi connectivity index (χ4v) is 1.75. The van der Waals surface area contributed by atoms with Crippen molar-refractivity contribution in [3.8, 4) is 11.1 Å². The molecule has 0 unspecified atom stereocenters. The van der Waals surface area contributed by atoms with E-state index in [0.717, 1.165) is 17.5 Å². The summed E-state index contributed by atoms with van der Waals surface area (Å²) in [6.07, 6.45) is 3.84. The smallest absolute Gasteiger partial charge is 0.337 e. The highest BCUT2D eigenvalue weighted by molar-refractivity contribution is 5.88. The van der Waals surface area contributed by atoms with Crippen LogP contribution in [0.1, 0.15) is 15.9 Å². The quantitative estimate of drug-likeness (QED) is 0.909. The highest BCUT2D eigenvalue weighted by Crippen LogP contribution is 2.20. The summed E-state index contributed by atoms with van der Waals surface area (Å²) in [4.78, 5) is 14.8. The van der Waals surface area contributed by atoms with E-state index in [1.54, 1.807) is 12.3 Å². The zero-order valence-corrected chi connectivity index (χ0v) is 12.3. The summed E-state index contributed by atoms with van der Waals surface area (Å²) in [5.41, 5.74) is 8.60. The van der Waals surface area contributed by atoms with Crippen LogP contribution in [0.15, 0.2) is 42.7 Å². The molecule has 0 saturated carbocycles. The first-order chi connectivity index (χ1) is 8.70. The summed E-state index contributed by atoms with van der Waals surface area (Å²) < 4.78 is 0. The fraction of sp³-hybridized carbons (Fsp3) is 0.143. The molecule has 0 spiro atoms. The van der Waals surface area contributed by atoms with Gasteiger partial charge in [-0.15, -0.1) is 24.8 Å². The first kappa shape index (κ1) is 18.4. The van der Waals surface area contributed by atoms with Crippen LogP contribution in [0.3, 0.4) is 0 Å². The van der Waals surface area contributed by atoms with Gasteiger partial charge in [0.15, 0.2) is 0 Å². The Bertz CT molecular complexity index is 559. The van der Waals surface area contributed by atoms with Gasteiger partial charge in [0.1, 0.15) is 0 Å². The summed E-state index contributed by atoms with van der Waals surface area (Å²) in [5, 5.41) is 8.92. The molecule has 0 aliphatic carbocycles. The molecular weight excluding hydrogens is 299 g/mol. The molecule has 20 heavy (non-hydrogen) atoms.